The van der Waals surface area contributed by atoms with Crippen LogP contribution in [0.1, 0.15) is 40.6 Å². The fourth-order valence-electron chi connectivity index (χ4n) is 4.27. The third kappa shape index (κ3) is 3.05. The highest BCUT2D eigenvalue weighted by Crippen LogP contribution is 2.28. The van der Waals surface area contributed by atoms with Crippen molar-refractivity contribution in [2.45, 2.75) is 25.8 Å². The van der Waals surface area contributed by atoms with Gasteiger partial charge in [-0.1, -0.05) is 12.1 Å². The van der Waals surface area contributed by atoms with Gasteiger partial charge < -0.3 is 10.2 Å². The van der Waals surface area contributed by atoms with Crippen molar-refractivity contribution in [3.63, 3.8) is 0 Å². The maximum atomic E-state index is 12.8. The Hall–Kier alpha value is -2.47. The van der Waals surface area contributed by atoms with Gasteiger partial charge in [0.2, 0.25) is 0 Å². The van der Waals surface area contributed by atoms with Crippen molar-refractivity contribution in [2.75, 3.05) is 19.6 Å². The molecule has 0 saturated carbocycles. The first-order chi connectivity index (χ1) is 12.5. The molecule has 26 heavy (non-hydrogen) atoms. The van der Waals surface area contributed by atoms with Crippen LogP contribution < -0.4 is 5.32 Å². The third-order valence-electron chi connectivity index (χ3n) is 5.68. The zero-order valence-electron chi connectivity index (χ0n) is 15.2. The van der Waals surface area contributed by atoms with E-state index in [9.17, 15) is 9.59 Å². The molecule has 4 heterocycles. The average molecular weight is 352 g/mol. The zero-order valence-corrected chi connectivity index (χ0v) is 15.2. The molecule has 0 aliphatic carbocycles. The van der Waals surface area contributed by atoms with Gasteiger partial charge in [0.05, 0.1) is 6.20 Å². The van der Waals surface area contributed by atoms with E-state index in [1.807, 2.05) is 24.3 Å². The summed E-state index contributed by atoms with van der Waals surface area (Å²) in [5.74, 6) is 0.510. The lowest BCUT2D eigenvalue weighted by Crippen LogP contribution is -2.57. The van der Waals surface area contributed by atoms with Gasteiger partial charge in [-0.15, -0.1) is 0 Å². The van der Waals surface area contributed by atoms with Crippen molar-refractivity contribution in [1.82, 2.24) is 20.0 Å². The van der Waals surface area contributed by atoms with Crippen molar-refractivity contribution in [2.24, 2.45) is 13.0 Å². The average Bonchev–Trinajstić information content (AvgIpc) is 3.04. The van der Waals surface area contributed by atoms with Crippen molar-refractivity contribution in [3.05, 3.63) is 41.7 Å². The number of hydrogen-bond donors (Lipinski definition) is 1. The van der Waals surface area contributed by atoms with Crippen LogP contribution in [0.2, 0.25) is 0 Å². The Bertz CT molecular complexity index is 849. The van der Waals surface area contributed by atoms with E-state index in [1.54, 1.807) is 17.9 Å². The first kappa shape index (κ1) is 17.0. The Balaban J connectivity index is 1.56. The molecule has 0 spiro atoms. The van der Waals surface area contributed by atoms with Gasteiger partial charge in [0.15, 0.2) is 5.78 Å². The number of carbonyl (C=O) groups is 2. The number of Topliss-reactive ketones (excluding diaryl/α,β-unsaturated/α-hetero) is 1. The van der Waals surface area contributed by atoms with Gasteiger partial charge in [-0.05, 0) is 49.5 Å². The minimum atomic E-state index is -0.0427. The second-order valence-corrected chi connectivity index (χ2v) is 7.39. The number of nitrogens with zero attached hydrogens (tertiary/aromatic N) is 3. The minimum Gasteiger partial charge on any atom is -0.348 e. The van der Waals surface area contributed by atoms with E-state index in [2.05, 4.69) is 15.3 Å². The molecule has 3 aliphatic rings. The SMILES string of the molecule is CC(=O)c1c(-c2cccc(C(=O)NC3CN4CCC3CC4)c2)cnn1C. The molecule has 136 valence electrons. The first-order valence-electron chi connectivity index (χ1n) is 9.19. The van der Waals surface area contributed by atoms with Crippen molar-refractivity contribution in [1.29, 1.82) is 0 Å². The summed E-state index contributed by atoms with van der Waals surface area (Å²) in [6.07, 6.45) is 4.02. The van der Waals surface area contributed by atoms with Gasteiger partial charge in [-0.25, -0.2) is 0 Å². The number of amides is 1. The largest absolute Gasteiger partial charge is 0.348 e. The van der Waals surface area contributed by atoms with Gasteiger partial charge in [-0.2, -0.15) is 5.10 Å². The van der Waals surface area contributed by atoms with E-state index in [4.69, 9.17) is 0 Å². The lowest BCUT2D eigenvalue weighted by molar-refractivity contribution is 0.0620. The predicted molar refractivity (Wildman–Crippen MR) is 99.1 cm³/mol. The van der Waals surface area contributed by atoms with Gasteiger partial charge in [0.25, 0.3) is 5.91 Å². The number of nitrogens with one attached hydrogen (secondary N) is 1. The summed E-state index contributed by atoms with van der Waals surface area (Å²) in [7, 11) is 1.75. The van der Waals surface area contributed by atoms with Gasteiger partial charge >= 0.3 is 0 Å². The standard InChI is InChI=1S/C20H24N4O2/c1-13(25)19-17(11-21-23(19)2)15-4-3-5-16(10-15)20(26)22-18-12-24-8-6-14(18)7-9-24/h3-5,10-11,14,18H,6-9,12H2,1-2H3,(H,22,26). The van der Waals surface area contributed by atoms with E-state index in [0.29, 0.717) is 17.2 Å². The number of benzene rings is 1. The summed E-state index contributed by atoms with van der Waals surface area (Å²) in [5.41, 5.74) is 2.78. The number of rotatable bonds is 4. The number of carbonyl (C=O) groups excluding carboxylic acids is 2. The van der Waals surface area contributed by atoms with Crippen LogP contribution in [-0.4, -0.2) is 52.0 Å². The van der Waals surface area contributed by atoms with Gasteiger partial charge in [-0.3, -0.25) is 14.3 Å². The fourth-order valence-corrected chi connectivity index (χ4v) is 4.27. The monoisotopic (exact) mass is 352 g/mol. The molecule has 6 nitrogen and oxygen atoms in total. The summed E-state index contributed by atoms with van der Waals surface area (Å²) in [4.78, 5) is 27.1. The first-order valence-corrected chi connectivity index (χ1v) is 9.19. The molecule has 1 aromatic heterocycles. The zero-order chi connectivity index (χ0) is 18.3. The molecular weight excluding hydrogens is 328 g/mol. The molecule has 3 saturated heterocycles. The molecule has 1 amide bonds. The molecule has 1 N–H and O–H groups in total. The Kier molecular flexibility index (Phi) is 4.36. The summed E-state index contributed by atoms with van der Waals surface area (Å²) >= 11 is 0. The fraction of sp³-hybridized carbons (Fsp3) is 0.450. The van der Waals surface area contributed by atoms with Crippen LogP contribution in [-0.2, 0) is 7.05 Å². The molecule has 2 bridgehead atoms. The number of ketones is 1. The minimum absolute atomic E-state index is 0.0397. The van der Waals surface area contributed by atoms with Crippen LogP contribution in [0.3, 0.4) is 0 Å². The Morgan fingerprint density at radius 3 is 2.65 bits per heavy atom. The highest BCUT2D eigenvalue weighted by atomic mass is 16.1. The van der Waals surface area contributed by atoms with Crippen LogP contribution in [0.25, 0.3) is 11.1 Å². The summed E-state index contributed by atoms with van der Waals surface area (Å²) < 4.78 is 1.58. The Labute approximate surface area is 153 Å². The van der Waals surface area contributed by atoms with E-state index in [0.717, 1.165) is 30.8 Å². The smallest absolute Gasteiger partial charge is 0.251 e. The van der Waals surface area contributed by atoms with Crippen LogP contribution in [0.15, 0.2) is 30.5 Å². The maximum Gasteiger partial charge on any atom is 0.251 e. The van der Waals surface area contributed by atoms with Crippen LogP contribution in [0.4, 0.5) is 0 Å². The second kappa shape index (κ2) is 6.68. The highest BCUT2D eigenvalue weighted by Gasteiger charge is 2.35. The Morgan fingerprint density at radius 1 is 1.23 bits per heavy atom. The lowest BCUT2D eigenvalue weighted by Gasteiger charge is -2.44. The number of hydrogen-bond acceptors (Lipinski definition) is 4. The molecule has 2 aromatic rings. The van der Waals surface area contributed by atoms with Gasteiger partial charge in [0.1, 0.15) is 5.69 Å². The van der Waals surface area contributed by atoms with E-state index >= 15 is 0 Å². The van der Waals surface area contributed by atoms with Gasteiger partial charge in [0, 0.05) is 37.7 Å². The predicted octanol–water partition coefficient (Wildman–Crippen LogP) is 2.11. The Morgan fingerprint density at radius 2 is 2.00 bits per heavy atom. The summed E-state index contributed by atoms with van der Waals surface area (Å²) in [6, 6.07) is 7.68. The molecule has 3 fully saturated rings. The molecular formula is C20H24N4O2. The molecule has 5 rings (SSSR count). The number of aryl methyl sites for hydroxylation is 1. The number of piperidine rings is 3. The summed E-state index contributed by atoms with van der Waals surface area (Å²) in [5, 5.41) is 7.42. The number of aromatic nitrogens is 2. The topological polar surface area (TPSA) is 67.2 Å². The number of fused-ring (bicyclic) bond motifs is 3. The van der Waals surface area contributed by atoms with Crippen molar-refractivity contribution < 1.29 is 9.59 Å². The van der Waals surface area contributed by atoms with Crippen LogP contribution >= 0.6 is 0 Å². The quantitative estimate of drug-likeness (QED) is 0.856. The lowest BCUT2D eigenvalue weighted by atomic mass is 9.84. The summed E-state index contributed by atoms with van der Waals surface area (Å²) in [6.45, 7) is 4.79. The van der Waals surface area contributed by atoms with Crippen LogP contribution in [0.5, 0.6) is 0 Å². The normalized spacial score (nSPS) is 24.5. The highest BCUT2D eigenvalue weighted by molar-refractivity contribution is 6.00. The molecule has 1 aromatic carbocycles. The maximum absolute atomic E-state index is 12.8. The third-order valence-corrected chi connectivity index (χ3v) is 5.68. The van der Waals surface area contributed by atoms with E-state index < -0.39 is 0 Å². The second-order valence-electron chi connectivity index (χ2n) is 7.39. The van der Waals surface area contributed by atoms with E-state index in [-0.39, 0.29) is 17.7 Å². The van der Waals surface area contributed by atoms with Crippen LogP contribution in [0, 0.1) is 5.92 Å². The van der Waals surface area contributed by atoms with E-state index in [1.165, 1.54) is 19.8 Å². The molecule has 1 unspecified atom stereocenters. The molecule has 6 heteroatoms. The molecule has 1 atom stereocenters. The molecule has 3 aliphatic heterocycles. The van der Waals surface area contributed by atoms with Crippen molar-refractivity contribution in [3.8, 4) is 11.1 Å². The van der Waals surface area contributed by atoms with Crippen molar-refractivity contribution >= 4 is 11.7 Å². The molecule has 0 radical (unpaired) electrons.